The Kier molecular flexibility index (Phi) is 14.3. The topological polar surface area (TPSA) is 50.9 Å². The smallest absolute Gasteiger partial charge is 0.148 e. The molecule has 9 rings (SSSR count). The molecule has 4 nitrogen and oxygen atoms in total. The molecule has 0 fully saturated rings. The van der Waals surface area contributed by atoms with Crippen molar-refractivity contribution < 1.29 is 26.2 Å². The number of imidazole rings is 1. The van der Waals surface area contributed by atoms with Gasteiger partial charge >= 0.3 is 0 Å². The molecule has 0 spiro atoms. The van der Waals surface area contributed by atoms with Crippen LogP contribution in [-0.4, -0.2) is 19.6 Å². The number of phenolic OH excluding ortho intramolecular Hbond substituents is 1. The molecule has 7 aromatic carbocycles. The summed E-state index contributed by atoms with van der Waals surface area (Å²) >= 11 is 0. The number of aromatic nitrogens is 3. The second-order valence-electron chi connectivity index (χ2n) is 27.1. The number of phenols is 1. The molecule has 2 heterocycles. The van der Waals surface area contributed by atoms with Gasteiger partial charge in [0.15, 0.2) is 0 Å². The van der Waals surface area contributed by atoms with E-state index < -0.39 is 0 Å². The molecule has 2 aromatic heterocycles. The molecule has 0 atom stereocenters. The van der Waals surface area contributed by atoms with Crippen LogP contribution in [0.1, 0.15) is 158 Å². The number of hydrogen-bond acceptors (Lipinski definition) is 3. The molecule has 0 amide bonds. The van der Waals surface area contributed by atoms with Crippen LogP contribution in [0.25, 0.3) is 83.5 Å². The predicted molar refractivity (Wildman–Crippen MR) is 316 cm³/mol. The van der Waals surface area contributed by atoms with Crippen LogP contribution < -0.4 is 0 Å². The minimum atomic E-state index is -0.156. The van der Waals surface area contributed by atoms with Crippen molar-refractivity contribution in [3.63, 3.8) is 0 Å². The average Bonchev–Trinajstić information content (AvgIpc) is 3.71. The maximum atomic E-state index is 11.9. The minimum absolute atomic E-state index is 0. The van der Waals surface area contributed by atoms with E-state index in [1.165, 1.54) is 38.9 Å². The van der Waals surface area contributed by atoms with E-state index in [1.807, 2.05) is 18.3 Å². The van der Waals surface area contributed by atoms with E-state index in [9.17, 15) is 5.11 Å². The van der Waals surface area contributed by atoms with Crippen LogP contribution in [0.2, 0.25) is 0 Å². The first-order valence-corrected chi connectivity index (χ1v) is 26.6. The fraction of sp³-hybridized carbons (Fsp3) is 0.343. The molecule has 0 aliphatic heterocycles. The van der Waals surface area contributed by atoms with E-state index in [4.69, 9.17) is 9.97 Å². The Balaban J connectivity index is 0.00000747. The Morgan fingerprint density at radius 1 is 0.400 bits per heavy atom. The first-order valence-electron chi connectivity index (χ1n) is 26.6. The van der Waals surface area contributed by atoms with Crippen molar-refractivity contribution in [1.29, 1.82) is 0 Å². The Morgan fingerprint density at radius 2 is 0.880 bits per heavy atom. The molecular weight excluding hydrogens is 1090 g/mol. The molecule has 9 aromatic rings. The van der Waals surface area contributed by atoms with Crippen molar-refractivity contribution in [2.75, 3.05) is 0 Å². The SMILES string of the molecule is CC(C)(C)c1ccc(-c2cc(-c3[c-]c(-c4cc(C(C)(C)C)cc5c(-c6cc(C(C)(C)C)cc(C(C)(C)C)c6)ccnc45)ccc3)c3nc(-c4cc(C(C)(C)C)ccc4O)n(-c4ccc(C(C)(C)C)cc4)c3c2)cc1.[Pt]. The van der Waals surface area contributed by atoms with Gasteiger partial charge in [-0.2, -0.15) is 0 Å². The van der Waals surface area contributed by atoms with E-state index in [0.717, 1.165) is 66.6 Å². The monoisotopic (exact) mass is 1170 g/mol. The third kappa shape index (κ3) is 11.1. The van der Waals surface area contributed by atoms with Crippen LogP contribution in [-0.2, 0) is 53.6 Å². The molecule has 0 unspecified atom stereocenters. The van der Waals surface area contributed by atoms with Gasteiger partial charge in [0.05, 0.1) is 16.6 Å². The van der Waals surface area contributed by atoms with Crippen LogP contribution in [0, 0.1) is 6.07 Å². The Labute approximate surface area is 463 Å². The van der Waals surface area contributed by atoms with Crippen LogP contribution in [0.5, 0.6) is 5.75 Å². The van der Waals surface area contributed by atoms with Crippen molar-refractivity contribution in [1.82, 2.24) is 14.5 Å². The van der Waals surface area contributed by atoms with Crippen molar-refractivity contribution in [3.05, 3.63) is 179 Å². The summed E-state index contributed by atoms with van der Waals surface area (Å²) in [6, 6.07) is 53.0. The van der Waals surface area contributed by atoms with Gasteiger partial charge in [-0.1, -0.05) is 209 Å². The van der Waals surface area contributed by atoms with Gasteiger partial charge in [-0.15, -0.1) is 35.4 Å². The summed E-state index contributed by atoms with van der Waals surface area (Å²) < 4.78 is 2.25. The van der Waals surface area contributed by atoms with Gasteiger partial charge in [0.2, 0.25) is 0 Å². The van der Waals surface area contributed by atoms with Gasteiger partial charge in [-0.25, -0.2) is 4.98 Å². The maximum absolute atomic E-state index is 11.9. The number of hydrogen-bond donors (Lipinski definition) is 1. The van der Waals surface area contributed by atoms with E-state index in [0.29, 0.717) is 11.4 Å². The van der Waals surface area contributed by atoms with Gasteiger partial charge in [0.1, 0.15) is 11.6 Å². The summed E-state index contributed by atoms with van der Waals surface area (Å²) in [5.74, 6) is 0.863. The quantitative estimate of drug-likeness (QED) is 0.169. The van der Waals surface area contributed by atoms with Crippen LogP contribution in [0.4, 0.5) is 0 Å². The number of benzene rings is 7. The molecule has 0 bridgehead atoms. The summed E-state index contributed by atoms with van der Waals surface area (Å²) in [5, 5.41) is 13.0. The summed E-state index contributed by atoms with van der Waals surface area (Å²) in [6.07, 6.45) is 1.98. The Bertz CT molecular complexity index is 3560. The largest absolute Gasteiger partial charge is 0.507 e. The Hall–Kier alpha value is -6.09. The van der Waals surface area contributed by atoms with Crippen LogP contribution in [0.3, 0.4) is 0 Å². The summed E-state index contributed by atoms with van der Waals surface area (Å²) in [4.78, 5) is 10.9. The van der Waals surface area contributed by atoms with E-state index >= 15 is 0 Å². The molecular formula is C70H78N3OPt-. The van der Waals surface area contributed by atoms with Crippen molar-refractivity contribution in [3.8, 4) is 67.3 Å². The molecule has 0 aliphatic carbocycles. The van der Waals surface area contributed by atoms with Crippen molar-refractivity contribution >= 4 is 21.9 Å². The van der Waals surface area contributed by atoms with Gasteiger partial charge in [0, 0.05) is 43.9 Å². The molecule has 0 radical (unpaired) electrons. The zero-order chi connectivity index (χ0) is 53.7. The predicted octanol–water partition coefficient (Wildman–Crippen LogP) is 19.2. The van der Waals surface area contributed by atoms with E-state index in [1.54, 1.807) is 0 Å². The maximum Gasteiger partial charge on any atom is 0.148 e. The third-order valence-corrected chi connectivity index (χ3v) is 15.0. The van der Waals surface area contributed by atoms with Crippen molar-refractivity contribution in [2.45, 2.75) is 157 Å². The van der Waals surface area contributed by atoms with Crippen molar-refractivity contribution in [2.24, 2.45) is 0 Å². The number of nitrogens with zero attached hydrogens (tertiary/aromatic N) is 3. The van der Waals surface area contributed by atoms with Gasteiger partial charge in [0.25, 0.3) is 0 Å². The molecule has 0 saturated heterocycles. The van der Waals surface area contributed by atoms with Gasteiger partial charge < -0.3 is 5.11 Å². The zero-order valence-electron chi connectivity index (χ0n) is 47.9. The number of aromatic hydroxyl groups is 1. The molecule has 0 aliphatic rings. The fourth-order valence-electron chi connectivity index (χ4n) is 10.0. The normalized spacial score (nSPS) is 12.9. The summed E-state index contributed by atoms with van der Waals surface area (Å²) in [5.41, 5.74) is 19.9. The second-order valence-corrected chi connectivity index (χ2v) is 27.1. The molecule has 5 heteroatoms. The van der Waals surface area contributed by atoms with Gasteiger partial charge in [-0.3, -0.25) is 9.55 Å². The van der Waals surface area contributed by atoms with E-state index in [2.05, 4.69) is 257 Å². The molecule has 1 N–H and O–H groups in total. The Morgan fingerprint density at radius 3 is 1.41 bits per heavy atom. The average molecular weight is 1170 g/mol. The first kappa shape index (κ1) is 55.1. The van der Waals surface area contributed by atoms with Crippen LogP contribution in [0.15, 0.2) is 140 Å². The fourth-order valence-corrected chi connectivity index (χ4v) is 10.0. The molecule has 75 heavy (non-hydrogen) atoms. The zero-order valence-corrected chi connectivity index (χ0v) is 50.2. The second kappa shape index (κ2) is 19.5. The number of rotatable bonds is 6. The summed E-state index contributed by atoms with van der Waals surface area (Å²) in [6.45, 7) is 40.8. The molecule has 390 valence electrons. The number of pyridine rings is 1. The first-order chi connectivity index (χ1) is 34.4. The minimum Gasteiger partial charge on any atom is -0.507 e. The third-order valence-electron chi connectivity index (χ3n) is 15.0. The molecule has 0 saturated carbocycles. The standard InChI is InChI=1S/C70H78N3O.Pt/c1-65(2,3)48-24-22-43(23-25-48)46-37-56(63-60(38-46)73(54-29-26-49(27-30-54)66(4,5)6)64(72-63)59-40-50(67(7,8)9)28-31-61(59)74)44-20-19-21-45(34-44)57-41-53(70(16,17)18)42-58-55(32-33-71-62(57)58)47-35-51(68(10,11)12)39-52(36-47)69(13,14)15;/h19-33,35-42,74H,1-18H3;/q-1;. The van der Waals surface area contributed by atoms with Gasteiger partial charge in [-0.05, 0) is 131 Å². The number of fused-ring (bicyclic) bond motifs is 2. The summed E-state index contributed by atoms with van der Waals surface area (Å²) in [7, 11) is 0. The van der Waals surface area contributed by atoms with Crippen LogP contribution >= 0.6 is 0 Å². The van der Waals surface area contributed by atoms with E-state index in [-0.39, 0.29) is 59.3 Å².